The zero-order valence-electron chi connectivity index (χ0n) is 16.6. The Kier molecular flexibility index (Phi) is 3.20. The van der Waals surface area contributed by atoms with Crippen molar-refractivity contribution in [2.75, 3.05) is 0 Å². The molecule has 3 heteroatoms. The maximum atomic E-state index is 13.0. The summed E-state index contributed by atoms with van der Waals surface area (Å²) in [5.74, 6) is 0. The second-order valence-corrected chi connectivity index (χ2v) is 8.15. The molecule has 6 aromatic rings. The molecule has 1 aliphatic rings. The van der Waals surface area contributed by atoms with E-state index in [1.54, 1.807) is 0 Å². The lowest BCUT2D eigenvalue weighted by Crippen LogP contribution is -2.10. The van der Waals surface area contributed by atoms with E-state index < -0.39 is 0 Å². The Balaban J connectivity index is 1.64. The first-order chi connectivity index (χ1) is 15.3. The number of furan rings is 1. The van der Waals surface area contributed by atoms with E-state index in [0.29, 0.717) is 0 Å². The molecule has 0 bridgehead atoms. The second kappa shape index (κ2) is 5.96. The molecule has 7 rings (SSSR count). The van der Waals surface area contributed by atoms with Crippen LogP contribution < -0.4 is 5.56 Å². The lowest BCUT2D eigenvalue weighted by molar-refractivity contribution is 0.669. The van der Waals surface area contributed by atoms with Gasteiger partial charge in [0, 0.05) is 21.7 Å². The van der Waals surface area contributed by atoms with Crippen LogP contribution in [0.25, 0.3) is 55.1 Å². The van der Waals surface area contributed by atoms with Crippen molar-refractivity contribution < 1.29 is 4.42 Å². The monoisotopic (exact) mass is 399 g/mol. The van der Waals surface area contributed by atoms with Crippen molar-refractivity contribution in [1.29, 1.82) is 0 Å². The topological polar surface area (TPSA) is 46.0 Å². The van der Waals surface area contributed by atoms with Gasteiger partial charge in [0.25, 0.3) is 5.56 Å². The lowest BCUT2D eigenvalue weighted by atomic mass is 9.92. The summed E-state index contributed by atoms with van der Waals surface area (Å²) in [6, 6.07) is 28.8. The van der Waals surface area contributed by atoms with Gasteiger partial charge in [-0.2, -0.15) is 0 Å². The van der Waals surface area contributed by atoms with Crippen molar-refractivity contribution in [1.82, 2.24) is 4.98 Å². The lowest BCUT2D eigenvalue weighted by Gasteiger charge is -2.12. The minimum atomic E-state index is -0.0171. The number of rotatable bonds is 1. The first-order valence-corrected chi connectivity index (χ1v) is 10.5. The predicted molar refractivity (Wildman–Crippen MR) is 126 cm³/mol. The summed E-state index contributed by atoms with van der Waals surface area (Å²) in [6.07, 6.45) is 0.769. The third-order valence-corrected chi connectivity index (χ3v) is 6.49. The molecular formula is C28H17NO2. The van der Waals surface area contributed by atoms with Gasteiger partial charge in [0.15, 0.2) is 0 Å². The number of fused-ring (bicyclic) bond motifs is 8. The highest BCUT2D eigenvalue weighted by Crippen LogP contribution is 2.43. The number of H-pyrrole nitrogens is 1. The summed E-state index contributed by atoms with van der Waals surface area (Å²) in [4.78, 5) is 16.2. The van der Waals surface area contributed by atoms with Gasteiger partial charge in [-0.1, -0.05) is 66.7 Å². The van der Waals surface area contributed by atoms with Gasteiger partial charge in [-0.25, -0.2) is 0 Å². The molecule has 0 fully saturated rings. The molecule has 3 nitrogen and oxygen atoms in total. The van der Waals surface area contributed by atoms with Gasteiger partial charge in [-0.05, 0) is 52.4 Å². The Hall–Kier alpha value is -4.11. The molecule has 0 aliphatic heterocycles. The molecular weight excluding hydrogens is 382 g/mol. The highest BCUT2D eigenvalue weighted by molar-refractivity contribution is 6.15. The zero-order chi connectivity index (χ0) is 20.5. The van der Waals surface area contributed by atoms with Gasteiger partial charge < -0.3 is 9.40 Å². The van der Waals surface area contributed by atoms with Crippen LogP contribution in [0.3, 0.4) is 0 Å². The average molecular weight is 399 g/mol. The molecule has 2 heterocycles. The van der Waals surface area contributed by atoms with Crippen LogP contribution in [0, 0.1) is 0 Å². The first kappa shape index (κ1) is 16.7. The predicted octanol–water partition coefficient (Wildman–Crippen LogP) is 6.67. The van der Waals surface area contributed by atoms with Crippen LogP contribution in [0.15, 0.2) is 94.1 Å². The Labute approximate surface area is 177 Å². The molecule has 0 spiro atoms. The molecule has 0 radical (unpaired) electrons. The summed E-state index contributed by atoms with van der Waals surface area (Å²) >= 11 is 0. The van der Waals surface area contributed by atoms with Crippen LogP contribution in [0.5, 0.6) is 0 Å². The van der Waals surface area contributed by atoms with Crippen LogP contribution in [0.4, 0.5) is 0 Å². The van der Waals surface area contributed by atoms with Crippen LogP contribution in [0.1, 0.15) is 11.1 Å². The Morgan fingerprint density at radius 3 is 2.32 bits per heavy atom. The van der Waals surface area contributed by atoms with E-state index in [-0.39, 0.29) is 5.56 Å². The number of pyridine rings is 1. The van der Waals surface area contributed by atoms with Gasteiger partial charge in [0.2, 0.25) is 0 Å². The molecule has 146 valence electrons. The third kappa shape index (κ3) is 2.20. The maximum absolute atomic E-state index is 13.0. The summed E-state index contributed by atoms with van der Waals surface area (Å²) in [5.41, 5.74) is 9.03. The fraction of sp³-hybridized carbons (Fsp3) is 0.0357. The average Bonchev–Trinajstić information content (AvgIpc) is 3.37. The van der Waals surface area contributed by atoms with E-state index in [9.17, 15) is 4.79 Å². The van der Waals surface area contributed by atoms with Crippen molar-refractivity contribution in [3.8, 4) is 22.3 Å². The van der Waals surface area contributed by atoms with Crippen LogP contribution in [-0.4, -0.2) is 4.98 Å². The Bertz CT molecular complexity index is 1740. The molecule has 0 saturated heterocycles. The number of para-hydroxylation sites is 1. The number of aromatic nitrogens is 1. The SMILES string of the molecule is O=c1[nH]c2cccc(-c3cccc4oc5ccccc5c34)c2c2c1-c1ccccc1C2. The van der Waals surface area contributed by atoms with E-state index in [1.807, 2.05) is 54.6 Å². The Morgan fingerprint density at radius 2 is 1.39 bits per heavy atom. The van der Waals surface area contributed by atoms with Crippen molar-refractivity contribution in [2.24, 2.45) is 0 Å². The second-order valence-electron chi connectivity index (χ2n) is 8.15. The van der Waals surface area contributed by atoms with Gasteiger partial charge in [0.1, 0.15) is 11.2 Å². The van der Waals surface area contributed by atoms with Gasteiger partial charge in [0.05, 0.1) is 5.56 Å². The quantitative estimate of drug-likeness (QED) is 0.335. The van der Waals surface area contributed by atoms with Gasteiger partial charge in [-0.15, -0.1) is 0 Å². The van der Waals surface area contributed by atoms with Gasteiger partial charge >= 0.3 is 0 Å². The number of hydrogen-bond acceptors (Lipinski definition) is 2. The fourth-order valence-corrected chi connectivity index (χ4v) is 5.22. The molecule has 2 aromatic heterocycles. The highest BCUT2D eigenvalue weighted by Gasteiger charge is 2.25. The molecule has 31 heavy (non-hydrogen) atoms. The third-order valence-electron chi connectivity index (χ3n) is 6.49. The molecule has 0 amide bonds. The molecule has 1 N–H and O–H groups in total. The standard InChI is InChI=1S/C28H17NO2/c30-28-27-17-8-2-1-7-16(17)15-21(27)25-18(10-5-12-22(25)29-28)19-11-6-14-24-26(19)20-9-3-4-13-23(20)31-24/h1-14H,15H2,(H,29,30). The largest absolute Gasteiger partial charge is 0.456 e. The summed E-state index contributed by atoms with van der Waals surface area (Å²) in [5, 5.41) is 3.33. The summed E-state index contributed by atoms with van der Waals surface area (Å²) in [7, 11) is 0. The van der Waals surface area contributed by atoms with Crippen LogP contribution in [0.2, 0.25) is 0 Å². The van der Waals surface area contributed by atoms with Crippen molar-refractivity contribution in [3.63, 3.8) is 0 Å². The van der Waals surface area contributed by atoms with Crippen LogP contribution >= 0.6 is 0 Å². The molecule has 0 atom stereocenters. The number of aromatic amines is 1. The van der Waals surface area contributed by atoms with Gasteiger partial charge in [-0.3, -0.25) is 4.79 Å². The summed E-state index contributed by atoms with van der Waals surface area (Å²) < 4.78 is 6.13. The minimum Gasteiger partial charge on any atom is -0.456 e. The van der Waals surface area contributed by atoms with Crippen molar-refractivity contribution >= 4 is 32.8 Å². The molecule has 0 unspecified atom stereocenters. The maximum Gasteiger partial charge on any atom is 0.256 e. The molecule has 0 saturated carbocycles. The highest BCUT2D eigenvalue weighted by atomic mass is 16.3. The zero-order valence-corrected chi connectivity index (χ0v) is 16.6. The van der Waals surface area contributed by atoms with Crippen molar-refractivity contribution in [3.05, 3.63) is 106 Å². The Morgan fingerprint density at radius 1 is 0.677 bits per heavy atom. The van der Waals surface area contributed by atoms with E-state index in [4.69, 9.17) is 4.42 Å². The molecule has 4 aromatic carbocycles. The minimum absolute atomic E-state index is 0.0171. The van der Waals surface area contributed by atoms with E-state index in [0.717, 1.165) is 67.1 Å². The van der Waals surface area contributed by atoms with E-state index >= 15 is 0 Å². The first-order valence-electron chi connectivity index (χ1n) is 10.5. The van der Waals surface area contributed by atoms with Crippen LogP contribution in [-0.2, 0) is 6.42 Å². The number of benzene rings is 4. The molecule has 1 aliphatic carbocycles. The normalized spacial score (nSPS) is 12.5. The van der Waals surface area contributed by atoms with E-state index in [1.165, 1.54) is 5.56 Å². The van der Waals surface area contributed by atoms with E-state index in [2.05, 4.69) is 35.3 Å². The van der Waals surface area contributed by atoms with Crippen molar-refractivity contribution in [2.45, 2.75) is 6.42 Å². The number of nitrogens with one attached hydrogen (secondary N) is 1. The smallest absolute Gasteiger partial charge is 0.256 e. The fourth-order valence-electron chi connectivity index (χ4n) is 5.22. The number of hydrogen-bond donors (Lipinski definition) is 1. The summed E-state index contributed by atoms with van der Waals surface area (Å²) in [6.45, 7) is 0.